The van der Waals surface area contributed by atoms with E-state index in [1.165, 1.54) is 19.4 Å². The molecule has 1 heteroatoms. The summed E-state index contributed by atoms with van der Waals surface area (Å²) in [6.07, 6.45) is 2.90. The van der Waals surface area contributed by atoms with Gasteiger partial charge in [-0.25, -0.2) is 0 Å². The summed E-state index contributed by atoms with van der Waals surface area (Å²) in [4.78, 5) is 2.58. The highest BCUT2D eigenvalue weighted by Crippen LogP contribution is 2.58. The molecule has 2 saturated heterocycles. The average molecular weight is 153 g/mol. The Morgan fingerprint density at radius 1 is 1.27 bits per heavy atom. The summed E-state index contributed by atoms with van der Waals surface area (Å²) in [6.45, 7) is 8.48. The first-order valence-electron chi connectivity index (χ1n) is 4.67. The van der Waals surface area contributed by atoms with Gasteiger partial charge in [-0.05, 0) is 31.2 Å². The van der Waals surface area contributed by atoms with Crippen molar-refractivity contribution in [1.29, 1.82) is 0 Å². The second-order valence-corrected chi connectivity index (χ2v) is 5.44. The first-order chi connectivity index (χ1) is 4.96. The van der Waals surface area contributed by atoms with Crippen LogP contribution in [0.1, 0.15) is 33.6 Å². The maximum absolute atomic E-state index is 2.58. The van der Waals surface area contributed by atoms with Gasteiger partial charge in [0.25, 0.3) is 0 Å². The average Bonchev–Trinajstić information content (AvgIpc) is 2.12. The summed E-state index contributed by atoms with van der Waals surface area (Å²) in [5.41, 5.74) is 1.05. The van der Waals surface area contributed by atoms with E-state index in [9.17, 15) is 0 Å². The highest BCUT2D eigenvalue weighted by atomic mass is 15.3. The van der Waals surface area contributed by atoms with Gasteiger partial charge < -0.3 is 0 Å². The van der Waals surface area contributed by atoms with E-state index in [-0.39, 0.29) is 0 Å². The highest BCUT2D eigenvalue weighted by Gasteiger charge is 2.59. The smallest absolute Gasteiger partial charge is 0.0261 e. The fraction of sp³-hybridized carbons (Fsp3) is 1.00. The summed E-state index contributed by atoms with van der Waals surface area (Å²) in [7, 11) is 2.29. The van der Waals surface area contributed by atoms with Gasteiger partial charge in [-0.1, -0.05) is 20.8 Å². The molecule has 0 unspecified atom stereocenters. The zero-order chi connectivity index (χ0) is 8.28. The van der Waals surface area contributed by atoms with Crippen LogP contribution in [0.25, 0.3) is 0 Å². The molecule has 1 aliphatic carbocycles. The van der Waals surface area contributed by atoms with Crippen LogP contribution in [0.15, 0.2) is 0 Å². The van der Waals surface area contributed by atoms with Crippen LogP contribution in [0.3, 0.4) is 0 Å². The molecule has 3 fully saturated rings. The van der Waals surface area contributed by atoms with E-state index < -0.39 is 0 Å². The minimum atomic E-state index is 0.481. The molecule has 2 heterocycles. The van der Waals surface area contributed by atoms with Crippen molar-refractivity contribution in [2.45, 2.75) is 39.2 Å². The van der Waals surface area contributed by atoms with Crippen LogP contribution >= 0.6 is 0 Å². The first kappa shape index (κ1) is 7.60. The van der Waals surface area contributed by atoms with Gasteiger partial charge in [0.15, 0.2) is 0 Å². The molecular formula is C10H19N. The van der Waals surface area contributed by atoms with Gasteiger partial charge in [-0.15, -0.1) is 0 Å². The molecule has 3 aliphatic rings. The Morgan fingerprint density at radius 2 is 1.82 bits per heavy atom. The topological polar surface area (TPSA) is 3.24 Å². The molecular weight excluding hydrogens is 134 g/mol. The second kappa shape index (κ2) is 1.82. The lowest BCUT2D eigenvalue weighted by molar-refractivity contribution is 0.00984. The van der Waals surface area contributed by atoms with E-state index in [1.54, 1.807) is 0 Å². The van der Waals surface area contributed by atoms with Crippen molar-refractivity contribution in [1.82, 2.24) is 4.90 Å². The molecule has 0 aromatic rings. The summed E-state index contributed by atoms with van der Waals surface area (Å²) >= 11 is 0. The molecule has 0 aromatic heterocycles. The van der Waals surface area contributed by atoms with Gasteiger partial charge >= 0.3 is 0 Å². The fourth-order valence-electron chi connectivity index (χ4n) is 3.08. The summed E-state index contributed by atoms with van der Waals surface area (Å²) < 4.78 is 0. The van der Waals surface area contributed by atoms with Gasteiger partial charge in [0, 0.05) is 12.1 Å². The van der Waals surface area contributed by atoms with Gasteiger partial charge in [0.05, 0.1) is 0 Å². The largest absolute Gasteiger partial charge is 0.300 e. The predicted molar refractivity (Wildman–Crippen MR) is 47.5 cm³/mol. The molecule has 3 rings (SSSR count). The number of hydrogen-bond acceptors (Lipinski definition) is 1. The lowest BCUT2D eigenvalue weighted by atomic mass is 9.60. The lowest BCUT2D eigenvalue weighted by Gasteiger charge is -2.51. The van der Waals surface area contributed by atoms with Crippen LogP contribution in [0.2, 0.25) is 0 Å². The third-order valence-electron chi connectivity index (χ3n) is 3.91. The molecule has 1 nitrogen and oxygen atoms in total. The van der Waals surface area contributed by atoms with Crippen molar-refractivity contribution < 1.29 is 0 Å². The minimum Gasteiger partial charge on any atom is -0.300 e. The van der Waals surface area contributed by atoms with Crippen LogP contribution < -0.4 is 0 Å². The molecule has 0 aromatic carbocycles. The molecule has 0 amide bonds. The second-order valence-electron chi connectivity index (χ2n) is 5.44. The first-order valence-corrected chi connectivity index (χ1v) is 4.67. The Labute approximate surface area is 69.8 Å². The lowest BCUT2D eigenvalue weighted by Crippen LogP contribution is -2.54. The van der Waals surface area contributed by atoms with E-state index in [4.69, 9.17) is 0 Å². The zero-order valence-corrected chi connectivity index (χ0v) is 8.15. The number of hydrogen-bond donors (Lipinski definition) is 0. The van der Waals surface area contributed by atoms with E-state index >= 15 is 0 Å². The highest BCUT2D eigenvalue weighted by molar-refractivity contribution is 5.14. The molecule has 11 heavy (non-hydrogen) atoms. The van der Waals surface area contributed by atoms with Crippen LogP contribution in [0, 0.1) is 11.3 Å². The minimum absolute atomic E-state index is 0.481. The predicted octanol–water partition coefficient (Wildman–Crippen LogP) is 2.13. The molecule has 0 spiro atoms. The molecule has 1 saturated carbocycles. The van der Waals surface area contributed by atoms with Gasteiger partial charge in [-0.2, -0.15) is 0 Å². The van der Waals surface area contributed by atoms with Crippen molar-refractivity contribution in [3.63, 3.8) is 0 Å². The molecule has 2 bridgehead atoms. The van der Waals surface area contributed by atoms with Crippen LogP contribution in [0.4, 0.5) is 0 Å². The van der Waals surface area contributed by atoms with Crippen LogP contribution in [-0.4, -0.2) is 24.0 Å². The molecule has 0 N–H and O–H groups in total. The number of nitrogens with zero attached hydrogens (tertiary/aromatic N) is 1. The number of rotatable bonds is 0. The maximum atomic E-state index is 2.58. The van der Waals surface area contributed by atoms with Crippen molar-refractivity contribution in [3.8, 4) is 0 Å². The van der Waals surface area contributed by atoms with E-state index in [1.807, 2.05) is 0 Å². The van der Waals surface area contributed by atoms with E-state index in [2.05, 4.69) is 32.7 Å². The molecule has 0 atom stereocenters. The Balaban J connectivity index is 2.25. The maximum Gasteiger partial charge on any atom is 0.0261 e. The van der Waals surface area contributed by atoms with E-state index in [0.717, 1.165) is 5.92 Å². The van der Waals surface area contributed by atoms with Crippen LogP contribution in [-0.2, 0) is 0 Å². The SMILES string of the molecule is CN1CC2CC1(C(C)(C)C)C2. The molecule has 2 aliphatic heterocycles. The Hall–Kier alpha value is -0.0400. The normalized spacial score (nSPS) is 44.2. The van der Waals surface area contributed by atoms with Crippen molar-refractivity contribution in [2.24, 2.45) is 11.3 Å². The van der Waals surface area contributed by atoms with Crippen molar-refractivity contribution >= 4 is 0 Å². The Bertz CT molecular complexity index is 172. The van der Waals surface area contributed by atoms with Crippen LogP contribution in [0.5, 0.6) is 0 Å². The third kappa shape index (κ3) is 0.752. The monoisotopic (exact) mass is 153 g/mol. The molecule has 64 valence electrons. The summed E-state index contributed by atoms with van der Waals surface area (Å²) in [5, 5.41) is 0. The number of fused-ring (bicyclic) bond motifs is 1. The van der Waals surface area contributed by atoms with Crippen molar-refractivity contribution in [3.05, 3.63) is 0 Å². The Morgan fingerprint density at radius 3 is 2.00 bits per heavy atom. The van der Waals surface area contributed by atoms with Gasteiger partial charge in [-0.3, -0.25) is 4.90 Å². The Kier molecular flexibility index (Phi) is 1.26. The quantitative estimate of drug-likeness (QED) is 0.515. The van der Waals surface area contributed by atoms with Gasteiger partial charge in [0.1, 0.15) is 0 Å². The van der Waals surface area contributed by atoms with E-state index in [0.29, 0.717) is 11.0 Å². The van der Waals surface area contributed by atoms with Gasteiger partial charge in [0.2, 0.25) is 0 Å². The molecule has 0 radical (unpaired) electrons. The standard InChI is InChI=1S/C10H19N/c1-9(2,3)10-5-8(6-10)7-11(10)4/h8H,5-7H2,1-4H3. The fourth-order valence-corrected chi connectivity index (χ4v) is 3.08. The summed E-state index contributed by atoms with van der Waals surface area (Å²) in [5.74, 6) is 1.03. The summed E-state index contributed by atoms with van der Waals surface area (Å²) in [6, 6.07) is 0. The third-order valence-corrected chi connectivity index (χ3v) is 3.91. The van der Waals surface area contributed by atoms with Crippen molar-refractivity contribution in [2.75, 3.05) is 13.6 Å². The zero-order valence-electron chi connectivity index (χ0n) is 8.15.